The Hall–Kier alpha value is -0.710. The Morgan fingerprint density at radius 3 is 2.79 bits per heavy atom. The van der Waals surface area contributed by atoms with Crippen LogP contribution in [0.5, 0.6) is 11.5 Å². The van der Waals surface area contributed by atoms with Gasteiger partial charge in [-0.15, -0.1) is 0 Å². The lowest BCUT2D eigenvalue weighted by molar-refractivity contribution is 0.320. The van der Waals surface area contributed by atoms with Crippen molar-refractivity contribution in [2.45, 2.75) is 19.9 Å². The molecule has 106 valence electrons. The highest BCUT2D eigenvalue weighted by atomic mass is 79.9. The molecule has 0 radical (unpaired) electrons. The summed E-state index contributed by atoms with van der Waals surface area (Å²) in [4.78, 5) is 0. The zero-order valence-corrected chi connectivity index (χ0v) is 13.6. The van der Waals surface area contributed by atoms with Gasteiger partial charge in [0.05, 0.1) is 7.11 Å². The number of ether oxygens (including phenoxy) is 2. The molecule has 1 aromatic rings. The lowest BCUT2D eigenvalue weighted by Gasteiger charge is -2.16. The molecule has 0 amide bonds. The standard InChI is InChI=1S/C14H19BrClNO2/c1-4-5-17-8-11-6-12(16)7-13(18-3)14(11)19-9-10(2)15/h6-7,17H,2,4-5,8-9H2,1,3H3. The second kappa shape index (κ2) is 8.46. The number of rotatable bonds is 8. The van der Waals surface area contributed by atoms with Gasteiger partial charge in [-0.25, -0.2) is 0 Å². The maximum absolute atomic E-state index is 6.09. The summed E-state index contributed by atoms with van der Waals surface area (Å²) in [5.41, 5.74) is 0.978. The number of hydrogen-bond donors (Lipinski definition) is 1. The van der Waals surface area contributed by atoms with E-state index in [1.165, 1.54) is 0 Å². The smallest absolute Gasteiger partial charge is 0.166 e. The van der Waals surface area contributed by atoms with Crippen molar-refractivity contribution in [2.75, 3.05) is 20.3 Å². The normalized spacial score (nSPS) is 10.3. The van der Waals surface area contributed by atoms with E-state index in [1.54, 1.807) is 13.2 Å². The maximum atomic E-state index is 6.09. The van der Waals surface area contributed by atoms with Crippen LogP contribution in [0.3, 0.4) is 0 Å². The van der Waals surface area contributed by atoms with Crippen molar-refractivity contribution in [3.8, 4) is 11.5 Å². The van der Waals surface area contributed by atoms with Crippen molar-refractivity contribution < 1.29 is 9.47 Å². The van der Waals surface area contributed by atoms with E-state index in [1.807, 2.05) is 6.07 Å². The first kappa shape index (κ1) is 16.3. The summed E-state index contributed by atoms with van der Waals surface area (Å²) in [6, 6.07) is 3.64. The Bertz CT molecular complexity index is 438. The Kier molecular flexibility index (Phi) is 7.28. The van der Waals surface area contributed by atoms with E-state index < -0.39 is 0 Å². The van der Waals surface area contributed by atoms with Gasteiger partial charge in [-0.05, 0) is 19.0 Å². The van der Waals surface area contributed by atoms with Crippen molar-refractivity contribution in [1.82, 2.24) is 5.32 Å². The first-order valence-corrected chi connectivity index (χ1v) is 7.28. The molecule has 0 saturated heterocycles. The second-order valence-corrected chi connectivity index (χ2v) is 5.64. The molecule has 5 heteroatoms. The topological polar surface area (TPSA) is 30.5 Å². The summed E-state index contributed by atoms with van der Waals surface area (Å²) in [6.45, 7) is 7.90. The van der Waals surface area contributed by atoms with Gasteiger partial charge in [0.2, 0.25) is 0 Å². The highest BCUT2D eigenvalue weighted by Gasteiger charge is 2.13. The Morgan fingerprint density at radius 1 is 1.47 bits per heavy atom. The molecule has 3 nitrogen and oxygen atoms in total. The molecule has 0 saturated carbocycles. The molecule has 0 heterocycles. The van der Waals surface area contributed by atoms with Crippen LogP contribution in [-0.2, 0) is 6.54 Å². The van der Waals surface area contributed by atoms with Crippen LogP contribution < -0.4 is 14.8 Å². The molecule has 0 atom stereocenters. The molecular formula is C14H19BrClNO2. The Balaban J connectivity index is 2.95. The van der Waals surface area contributed by atoms with Gasteiger partial charge in [-0.2, -0.15) is 0 Å². The van der Waals surface area contributed by atoms with E-state index >= 15 is 0 Å². The minimum atomic E-state index is 0.388. The molecule has 0 aliphatic heterocycles. The highest BCUT2D eigenvalue weighted by Crippen LogP contribution is 2.35. The van der Waals surface area contributed by atoms with Crippen molar-refractivity contribution in [3.05, 3.63) is 33.8 Å². The largest absolute Gasteiger partial charge is 0.493 e. The van der Waals surface area contributed by atoms with Crippen LogP contribution in [0.2, 0.25) is 5.02 Å². The summed E-state index contributed by atoms with van der Waals surface area (Å²) in [5.74, 6) is 1.34. The van der Waals surface area contributed by atoms with E-state index in [0.29, 0.717) is 29.7 Å². The van der Waals surface area contributed by atoms with Gasteiger partial charge < -0.3 is 14.8 Å². The van der Waals surface area contributed by atoms with E-state index in [2.05, 4.69) is 34.7 Å². The molecule has 19 heavy (non-hydrogen) atoms. The first-order valence-electron chi connectivity index (χ1n) is 6.11. The third kappa shape index (κ3) is 5.43. The van der Waals surface area contributed by atoms with Crippen molar-refractivity contribution in [2.24, 2.45) is 0 Å². The molecule has 0 bridgehead atoms. The van der Waals surface area contributed by atoms with E-state index in [4.69, 9.17) is 21.1 Å². The number of hydrogen-bond acceptors (Lipinski definition) is 3. The predicted molar refractivity (Wildman–Crippen MR) is 83.6 cm³/mol. The fourth-order valence-electron chi connectivity index (χ4n) is 1.62. The van der Waals surface area contributed by atoms with Gasteiger partial charge >= 0.3 is 0 Å². The number of methoxy groups -OCH3 is 1. The third-order valence-corrected chi connectivity index (χ3v) is 2.88. The van der Waals surface area contributed by atoms with Crippen LogP contribution in [0.1, 0.15) is 18.9 Å². The van der Waals surface area contributed by atoms with Crippen LogP contribution in [0.4, 0.5) is 0 Å². The van der Waals surface area contributed by atoms with Crippen molar-refractivity contribution >= 4 is 27.5 Å². The molecule has 0 aliphatic carbocycles. The zero-order valence-electron chi connectivity index (χ0n) is 11.3. The molecule has 1 rings (SSSR count). The highest BCUT2D eigenvalue weighted by molar-refractivity contribution is 9.11. The Morgan fingerprint density at radius 2 is 2.21 bits per heavy atom. The van der Waals surface area contributed by atoms with Crippen LogP contribution >= 0.6 is 27.5 Å². The van der Waals surface area contributed by atoms with Crippen LogP contribution in [0, 0.1) is 0 Å². The average Bonchev–Trinajstić information content (AvgIpc) is 2.36. The lowest BCUT2D eigenvalue weighted by Crippen LogP contribution is -2.15. The minimum Gasteiger partial charge on any atom is -0.493 e. The number of nitrogens with one attached hydrogen (secondary N) is 1. The van der Waals surface area contributed by atoms with Gasteiger partial charge in [0.25, 0.3) is 0 Å². The van der Waals surface area contributed by atoms with E-state index in [-0.39, 0.29) is 0 Å². The zero-order chi connectivity index (χ0) is 14.3. The average molecular weight is 349 g/mol. The molecular weight excluding hydrogens is 330 g/mol. The van der Waals surface area contributed by atoms with Crippen LogP contribution in [0.25, 0.3) is 0 Å². The second-order valence-electron chi connectivity index (χ2n) is 4.08. The predicted octanol–water partition coefficient (Wildman–Crippen LogP) is 4.14. The number of halogens is 2. The molecule has 0 spiro atoms. The van der Waals surface area contributed by atoms with Gasteiger partial charge in [0.1, 0.15) is 6.61 Å². The molecule has 1 N–H and O–H groups in total. The summed E-state index contributed by atoms with van der Waals surface area (Å²) < 4.78 is 11.8. The molecule has 0 fully saturated rings. The molecule has 0 unspecified atom stereocenters. The first-order chi connectivity index (χ1) is 9.08. The maximum Gasteiger partial charge on any atom is 0.166 e. The summed E-state index contributed by atoms with van der Waals surface area (Å²) in [7, 11) is 1.60. The van der Waals surface area contributed by atoms with Gasteiger partial charge in [-0.1, -0.05) is 41.0 Å². The van der Waals surface area contributed by atoms with Crippen LogP contribution in [0.15, 0.2) is 23.2 Å². The van der Waals surface area contributed by atoms with Gasteiger partial charge in [0, 0.05) is 27.7 Å². The summed E-state index contributed by atoms with van der Waals surface area (Å²) in [5, 5.41) is 3.96. The fourth-order valence-corrected chi connectivity index (χ4v) is 1.97. The number of benzene rings is 1. The monoisotopic (exact) mass is 347 g/mol. The van der Waals surface area contributed by atoms with E-state index in [0.717, 1.165) is 23.0 Å². The van der Waals surface area contributed by atoms with E-state index in [9.17, 15) is 0 Å². The van der Waals surface area contributed by atoms with Gasteiger partial charge in [0.15, 0.2) is 11.5 Å². The minimum absolute atomic E-state index is 0.388. The molecule has 1 aromatic carbocycles. The Labute approximate surface area is 128 Å². The van der Waals surface area contributed by atoms with Crippen molar-refractivity contribution in [3.63, 3.8) is 0 Å². The SMILES string of the molecule is C=C(Br)COc1c(CNCCC)cc(Cl)cc1OC. The molecule has 0 aliphatic rings. The summed E-state index contributed by atoms with van der Waals surface area (Å²) in [6.07, 6.45) is 1.08. The summed E-state index contributed by atoms with van der Waals surface area (Å²) >= 11 is 9.37. The van der Waals surface area contributed by atoms with Gasteiger partial charge in [-0.3, -0.25) is 0 Å². The van der Waals surface area contributed by atoms with Crippen molar-refractivity contribution in [1.29, 1.82) is 0 Å². The molecule has 0 aromatic heterocycles. The fraction of sp³-hybridized carbons (Fsp3) is 0.429. The van der Waals surface area contributed by atoms with Crippen LogP contribution in [-0.4, -0.2) is 20.3 Å². The lowest BCUT2D eigenvalue weighted by atomic mass is 10.1. The third-order valence-electron chi connectivity index (χ3n) is 2.43. The quantitative estimate of drug-likeness (QED) is 0.716.